The van der Waals surface area contributed by atoms with Crippen LogP contribution in [-0.2, 0) is 0 Å². The normalized spacial score (nSPS) is 18.9. The van der Waals surface area contributed by atoms with Gasteiger partial charge in [-0.25, -0.2) is 4.39 Å². The molecule has 1 saturated heterocycles. The van der Waals surface area contributed by atoms with Gasteiger partial charge in [0.05, 0.1) is 11.2 Å². The lowest BCUT2D eigenvalue weighted by molar-refractivity contribution is 0.143. The summed E-state index contributed by atoms with van der Waals surface area (Å²) in [4.78, 5) is 3.95. The third-order valence-corrected chi connectivity index (χ3v) is 4.52. The summed E-state index contributed by atoms with van der Waals surface area (Å²) in [5.41, 5.74) is 1.56. The number of hydrogen-bond acceptors (Lipinski definition) is 3. The maximum absolute atomic E-state index is 13.6. The Labute approximate surface area is 144 Å². The zero-order chi connectivity index (χ0) is 16.4. The summed E-state index contributed by atoms with van der Waals surface area (Å²) in [6.07, 6.45) is 3.47. The largest absolute Gasteiger partial charge is 0.483 e. The highest BCUT2D eigenvalue weighted by molar-refractivity contribution is 6.35. The molecular weight excluding hydrogens is 338 g/mol. The van der Waals surface area contributed by atoms with Gasteiger partial charge >= 0.3 is 0 Å². The smallest absolute Gasteiger partial charge is 0.141 e. The van der Waals surface area contributed by atoms with Crippen molar-refractivity contribution < 1.29 is 9.13 Å². The van der Waals surface area contributed by atoms with Crippen molar-refractivity contribution in [3.8, 4) is 5.75 Å². The Hall–Kier alpha value is -1.36. The van der Waals surface area contributed by atoms with Crippen molar-refractivity contribution in [1.29, 1.82) is 0 Å². The molecule has 1 fully saturated rings. The fraction of sp³-hybridized carbons (Fsp3) is 0.353. The molecule has 3 rings (SSSR count). The quantitative estimate of drug-likeness (QED) is 0.873. The number of ether oxygens (including phenoxy) is 1. The highest BCUT2D eigenvalue weighted by atomic mass is 35.5. The van der Waals surface area contributed by atoms with E-state index in [9.17, 15) is 4.39 Å². The topological polar surface area (TPSA) is 34.1 Å². The van der Waals surface area contributed by atoms with Gasteiger partial charge in [0, 0.05) is 29.2 Å². The molecule has 2 atom stereocenters. The number of aromatic nitrogens is 1. The van der Waals surface area contributed by atoms with Crippen LogP contribution in [0.3, 0.4) is 0 Å². The molecule has 122 valence electrons. The molecule has 0 bridgehead atoms. The number of benzene rings is 1. The molecule has 6 heteroatoms. The Morgan fingerprint density at radius 3 is 2.78 bits per heavy atom. The lowest BCUT2D eigenvalue weighted by Crippen LogP contribution is -2.22. The van der Waals surface area contributed by atoms with Gasteiger partial charge in [-0.2, -0.15) is 0 Å². The summed E-state index contributed by atoms with van der Waals surface area (Å²) in [6, 6.07) is 4.92. The van der Waals surface area contributed by atoms with E-state index in [2.05, 4.69) is 10.3 Å². The Morgan fingerprint density at radius 2 is 2.13 bits per heavy atom. The first kappa shape index (κ1) is 16.5. The summed E-state index contributed by atoms with van der Waals surface area (Å²) in [5.74, 6) is 0.433. The zero-order valence-electron chi connectivity index (χ0n) is 12.7. The molecule has 3 nitrogen and oxygen atoms in total. The highest BCUT2D eigenvalue weighted by Gasteiger charge is 2.29. The molecule has 0 saturated carbocycles. The Bertz CT molecular complexity index is 682. The van der Waals surface area contributed by atoms with E-state index in [0.29, 0.717) is 21.4 Å². The van der Waals surface area contributed by atoms with E-state index in [1.165, 1.54) is 12.3 Å². The number of pyridine rings is 1. The van der Waals surface area contributed by atoms with E-state index in [4.69, 9.17) is 27.9 Å². The summed E-state index contributed by atoms with van der Waals surface area (Å²) < 4.78 is 19.8. The molecule has 1 aliphatic heterocycles. The van der Waals surface area contributed by atoms with Crippen LogP contribution in [0.5, 0.6) is 5.75 Å². The summed E-state index contributed by atoms with van der Waals surface area (Å²) >= 11 is 12.3. The van der Waals surface area contributed by atoms with Gasteiger partial charge < -0.3 is 10.1 Å². The van der Waals surface area contributed by atoms with Crippen molar-refractivity contribution in [1.82, 2.24) is 10.3 Å². The Morgan fingerprint density at radius 1 is 1.30 bits per heavy atom. The van der Waals surface area contributed by atoms with Crippen molar-refractivity contribution >= 4 is 23.2 Å². The molecule has 1 aliphatic rings. The minimum atomic E-state index is -0.374. The van der Waals surface area contributed by atoms with Gasteiger partial charge in [0.1, 0.15) is 17.7 Å². The van der Waals surface area contributed by atoms with Crippen molar-refractivity contribution in [2.45, 2.75) is 19.4 Å². The predicted octanol–water partition coefficient (Wildman–Crippen LogP) is 4.57. The third kappa shape index (κ3) is 3.77. The van der Waals surface area contributed by atoms with Gasteiger partial charge in [-0.15, -0.1) is 0 Å². The SMILES string of the molecule is Cc1cc(Cl)cc(Cl)c1O[C@@H](c1cncc(F)c1)[C@H]1CCNC1. The molecular formula is C17H17Cl2FN2O. The van der Waals surface area contributed by atoms with Gasteiger partial charge in [0.2, 0.25) is 0 Å². The van der Waals surface area contributed by atoms with Crippen LogP contribution >= 0.6 is 23.2 Å². The molecule has 0 unspecified atom stereocenters. The molecule has 1 aromatic carbocycles. The lowest BCUT2D eigenvalue weighted by Gasteiger charge is -2.26. The predicted molar refractivity (Wildman–Crippen MR) is 89.7 cm³/mol. The fourth-order valence-corrected chi connectivity index (χ4v) is 3.56. The summed E-state index contributed by atoms with van der Waals surface area (Å²) in [6.45, 7) is 3.62. The number of rotatable bonds is 4. The van der Waals surface area contributed by atoms with Crippen LogP contribution in [0, 0.1) is 18.7 Å². The van der Waals surface area contributed by atoms with Gasteiger partial charge in [0.15, 0.2) is 0 Å². The van der Waals surface area contributed by atoms with Gasteiger partial charge in [-0.05, 0) is 43.7 Å². The van der Waals surface area contributed by atoms with E-state index < -0.39 is 0 Å². The Kier molecular flexibility index (Phi) is 5.05. The van der Waals surface area contributed by atoms with Gasteiger partial charge in [0.25, 0.3) is 0 Å². The second kappa shape index (κ2) is 7.04. The van der Waals surface area contributed by atoms with Crippen molar-refractivity contribution in [2.75, 3.05) is 13.1 Å². The van der Waals surface area contributed by atoms with Crippen molar-refractivity contribution in [3.63, 3.8) is 0 Å². The van der Waals surface area contributed by atoms with E-state index in [1.807, 2.05) is 6.92 Å². The molecule has 0 amide bonds. The first-order valence-electron chi connectivity index (χ1n) is 7.48. The first-order valence-corrected chi connectivity index (χ1v) is 8.23. The second-order valence-corrected chi connectivity index (χ2v) is 6.61. The van der Waals surface area contributed by atoms with Crippen molar-refractivity contribution in [2.24, 2.45) is 5.92 Å². The first-order chi connectivity index (χ1) is 11.0. The summed E-state index contributed by atoms with van der Waals surface area (Å²) in [7, 11) is 0. The van der Waals surface area contributed by atoms with E-state index >= 15 is 0 Å². The average molecular weight is 355 g/mol. The van der Waals surface area contributed by atoms with Crippen LogP contribution in [0.15, 0.2) is 30.6 Å². The van der Waals surface area contributed by atoms with Gasteiger partial charge in [-0.3, -0.25) is 4.98 Å². The summed E-state index contributed by atoms with van der Waals surface area (Å²) in [5, 5.41) is 4.33. The maximum atomic E-state index is 13.6. The average Bonchev–Trinajstić information content (AvgIpc) is 3.00. The lowest BCUT2D eigenvalue weighted by atomic mass is 9.95. The minimum Gasteiger partial charge on any atom is -0.483 e. The fourth-order valence-electron chi connectivity index (χ4n) is 2.92. The number of hydrogen-bond donors (Lipinski definition) is 1. The highest BCUT2D eigenvalue weighted by Crippen LogP contribution is 2.38. The van der Waals surface area contributed by atoms with E-state index in [-0.39, 0.29) is 17.8 Å². The molecule has 0 spiro atoms. The van der Waals surface area contributed by atoms with Gasteiger partial charge in [-0.1, -0.05) is 23.2 Å². The number of nitrogens with zero attached hydrogens (tertiary/aromatic N) is 1. The van der Waals surface area contributed by atoms with Crippen LogP contribution in [-0.4, -0.2) is 18.1 Å². The van der Waals surface area contributed by atoms with Crippen molar-refractivity contribution in [3.05, 3.63) is 57.6 Å². The Balaban J connectivity index is 1.96. The molecule has 0 radical (unpaired) electrons. The van der Waals surface area contributed by atoms with E-state index in [1.54, 1.807) is 18.3 Å². The van der Waals surface area contributed by atoms with Crippen LogP contribution in [0.1, 0.15) is 23.7 Å². The molecule has 1 N–H and O–H groups in total. The minimum absolute atomic E-state index is 0.227. The molecule has 23 heavy (non-hydrogen) atoms. The monoisotopic (exact) mass is 354 g/mol. The maximum Gasteiger partial charge on any atom is 0.141 e. The molecule has 2 heterocycles. The van der Waals surface area contributed by atoms with Crippen LogP contribution in [0.25, 0.3) is 0 Å². The molecule has 2 aromatic rings. The number of nitrogens with one attached hydrogen (secondary N) is 1. The number of aryl methyl sites for hydroxylation is 1. The molecule has 0 aliphatic carbocycles. The third-order valence-electron chi connectivity index (χ3n) is 4.02. The standard InChI is InChI=1S/C17H17Cl2FN2O/c1-10-4-13(18)6-15(19)16(10)23-17(11-2-3-21-7-11)12-5-14(20)9-22-8-12/h4-6,8-9,11,17,21H,2-3,7H2,1H3/t11-,17+/m0/s1. The zero-order valence-corrected chi connectivity index (χ0v) is 14.2. The molecule has 1 aromatic heterocycles. The number of halogens is 3. The van der Waals surface area contributed by atoms with Crippen LogP contribution in [0.2, 0.25) is 10.0 Å². The van der Waals surface area contributed by atoms with Crippen LogP contribution < -0.4 is 10.1 Å². The van der Waals surface area contributed by atoms with E-state index in [0.717, 1.165) is 25.1 Å². The second-order valence-electron chi connectivity index (χ2n) is 5.76. The van der Waals surface area contributed by atoms with Crippen LogP contribution in [0.4, 0.5) is 4.39 Å².